The van der Waals surface area contributed by atoms with E-state index in [9.17, 15) is 26.8 Å². The summed E-state index contributed by atoms with van der Waals surface area (Å²) in [4.78, 5) is 23.2. The largest absolute Gasteiger partial charge is 0.452 e. The molecule has 2 aromatic rings. The molecular formula is C15H12F2N2O5S. The number of nitrogens with one attached hydrogen (secondary N) is 1. The highest BCUT2D eigenvalue weighted by molar-refractivity contribution is 7.89. The van der Waals surface area contributed by atoms with E-state index in [1.807, 2.05) is 0 Å². The molecule has 1 amide bonds. The second-order valence-electron chi connectivity index (χ2n) is 4.82. The van der Waals surface area contributed by atoms with Crippen molar-refractivity contribution in [2.45, 2.75) is 4.90 Å². The Labute approximate surface area is 141 Å². The Morgan fingerprint density at radius 1 is 1.04 bits per heavy atom. The van der Waals surface area contributed by atoms with Gasteiger partial charge in [0.05, 0.1) is 10.5 Å². The summed E-state index contributed by atoms with van der Waals surface area (Å²) in [5.41, 5.74) is 0.00507. The van der Waals surface area contributed by atoms with E-state index in [0.717, 1.165) is 12.1 Å². The standard InChI is InChI=1S/C15H12F2N2O5S/c16-12-6-1-9(7-13(12)17)15(21)24-8-14(20)19-10-2-4-11(5-3-10)25(18,22)23/h1-7H,8H2,(H,19,20)(H2,18,22,23). The summed E-state index contributed by atoms with van der Waals surface area (Å²) in [6.07, 6.45) is 0. The number of amides is 1. The van der Waals surface area contributed by atoms with Crippen molar-refractivity contribution in [1.82, 2.24) is 0 Å². The number of anilines is 1. The van der Waals surface area contributed by atoms with Crippen LogP contribution in [0.1, 0.15) is 10.4 Å². The Hall–Kier alpha value is -2.85. The van der Waals surface area contributed by atoms with Crippen LogP contribution in [0.15, 0.2) is 47.4 Å². The summed E-state index contributed by atoms with van der Waals surface area (Å²) in [7, 11) is -3.85. The molecule has 132 valence electrons. The minimum absolute atomic E-state index is 0.129. The number of hydrogen-bond donors (Lipinski definition) is 2. The summed E-state index contributed by atoms with van der Waals surface area (Å²) in [5.74, 6) is -4.04. The lowest BCUT2D eigenvalue weighted by Crippen LogP contribution is -2.21. The highest BCUT2D eigenvalue weighted by Gasteiger charge is 2.13. The van der Waals surface area contributed by atoms with Gasteiger partial charge >= 0.3 is 5.97 Å². The second kappa shape index (κ2) is 7.36. The van der Waals surface area contributed by atoms with E-state index in [0.29, 0.717) is 6.07 Å². The maximum Gasteiger partial charge on any atom is 0.338 e. The Balaban J connectivity index is 1.92. The number of halogens is 2. The number of benzene rings is 2. The van der Waals surface area contributed by atoms with Crippen molar-refractivity contribution in [1.29, 1.82) is 0 Å². The van der Waals surface area contributed by atoms with Gasteiger partial charge in [-0.25, -0.2) is 27.1 Å². The normalized spacial score (nSPS) is 11.0. The number of rotatable bonds is 5. The first-order valence-electron chi connectivity index (χ1n) is 6.72. The quantitative estimate of drug-likeness (QED) is 0.772. The molecule has 0 saturated heterocycles. The van der Waals surface area contributed by atoms with E-state index >= 15 is 0 Å². The van der Waals surface area contributed by atoms with Crippen LogP contribution in [0, 0.1) is 11.6 Å². The van der Waals surface area contributed by atoms with Crippen molar-refractivity contribution in [2.75, 3.05) is 11.9 Å². The first-order valence-corrected chi connectivity index (χ1v) is 8.26. The fourth-order valence-corrected chi connectivity index (χ4v) is 2.28. The zero-order chi connectivity index (χ0) is 18.6. The topological polar surface area (TPSA) is 116 Å². The summed E-state index contributed by atoms with van der Waals surface area (Å²) < 4.78 is 52.7. The third-order valence-corrected chi connectivity index (χ3v) is 3.89. The maximum atomic E-state index is 13.0. The maximum absolute atomic E-state index is 13.0. The average molecular weight is 370 g/mol. The summed E-state index contributed by atoms with van der Waals surface area (Å²) >= 11 is 0. The van der Waals surface area contributed by atoms with E-state index in [1.165, 1.54) is 24.3 Å². The van der Waals surface area contributed by atoms with E-state index in [-0.39, 0.29) is 16.1 Å². The number of ether oxygens (including phenoxy) is 1. The minimum atomic E-state index is -3.85. The van der Waals surface area contributed by atoms with Crippen LogP contribution in [0.2, 0.25) is 0 Å². The molecule has 7 nitrogen and oxygen atoms in total. The van der Waals surface area contributed by atoms with Crippen LogP contribution in [0.25, 0.3) is 0 Å². The molecule has 2 aromatic carbocycles. The van der Waals surface area contributed by atoms with E-state index in [4.69, 9.17) is 5.14 Å². The van der Waals surface area contributed by atoms with E-state index < -0.39 is 40.1 Å². The van der Waals surface area contributed by atoms with E-state index in [2.05, 4.69) is 10.1 Å². The van der Waals surface area contributed by atoms with Crippen LogP contribution in [-0.4, -0.2) is 26.9 Å². The highest BCUT2D eigenvalue weighted by atomic mass is 32.2. The second-order valence-corrected chi connectivity index (χ2v) is 6.38. The molecule has 2 rings (SSSR count). The van der Waals surface area contributed by atoms with Gasteiger partial charge in [0, 0.05) is 5.69 Å². The zero-order valence-corrected chi connectivity index (χ0v) is 13.3. The third kappa shape index (κ3) is 5.06. The van der Waals surface area contributed by atoms with Gasteiger partial charge in [0.15, 0.2) is 18.2 Å². The SMILES string of the molecule is NS(=O)(=O)c1ccc(NC(=O)COC(=O)c2ccc(F)c(F)c2)cc1. The van der Waals surface area contributed by atoms with Gasteiger partial charge in [-0.2, -0.15) is 0 Å². The number of carbonyl (C=O) groups is 2. The van der Waals surface area contributed by atoms with Crippen LogP contribution in [0.5, 0.6) is 0 Å². The van der Waals surface area contributed by atoms with Crippen LogP contribution < -0.4 is 10.5 Å². The Morgan fingerprint density at radius 2 is 1.68 bits per heavy atom. The smallest absolute Gasteiger partial charge is 0.338 e. The first kappa shape index (κ1) is 18.5. The van der Waals surface area contributed by atoms with Gasteiger partial charge in [-0.1, -0.05) is 0 Å². The van der Waals surface area contributed by atoms with Gasteiger partial charge in [-0.15, -0.1) is 0 Å². The molecule has 10 heteroatoms. The lowest BCUT2D eigenvalue weighted by molar-refractivity contribution is -0.119. The molecule has 0 spiro atoms. The van der Waals surface area contributed by atoms with Crippen molar-refractivity contribution in [2.24, 2.45) is 5.14 Å². The molecule has 0 bridgehead atoms. The lowest BCUT2D eigenvalue weighted by Gasteiger charge is -2.07. The number of hydrogen-bond acceptors (Lipinski definition) is 5. The predicted octanol–water partition coefficient (Wildman–Crippen LogP) is 1.41. The molecule has 0 radical (unpaired) electrons. The molecular weight excluding hydrogens is 358 g/mol. The molecule has 25 heavy (non-hydrogen) atoms. The van der Waals surface area contributed by atoms with Crippen LogP contribution in [0.3, 0.4) is 0 Å². The number of primary sulfonamides is 1. The van der Waals surface area contributed by atoms with Crippen LogP contribution in [0.4, 0.5) is 14.5 Å². The fourth-order valence-electron chi connectivity index (χ4n) is 1.76. The van der Waals surface area contributed by atoms with Gasteiger partial charge in [0.25, 0.3) is 5.91 Å². The Morgan fingerprint density at radius 3 is 2.24 bits per heavy atom. The Bertz CT molecular complexity index is 914. The lowest BCUT2D eigenvalue weighted by atomic mass is 10.2. The monoisotopic (exact) mass is 370 g/mol. The molecule has 0 fully saturated rings. The number of nitrogens with two attached hydrogens (primary N) is 1. The Kier molecular flexibility index (Phi) is 5.45. The van der Waals surface area contributed by atoms with Crippen molar-refractivity contribution in [3.8, 4) is 0 Å². The van der Waals surface area contributed by atoms with Crippen molar-refractivity contribution in [3.05, 3.63) is 59.7 Å². The summed E-state index contributed by atoms with van der Waals surface area (Å²) in [5, 5.41) is 7.30. The van der Waals surface area contributed by atoms with Gasteiger partial charge in [0.1, 0.15) is 0 Å². The van der Waals surface area contributed by atoms with Crippen molar-refractivity contribution >= 4 is 27.6 Å². The molecule has 0 aliphatic heterocycles. The minimum Gasteiger partial charge on any atom is -0.452 e. The van der Waals surface area contributed by atoms with Crippen molar-refractivity contribution < 1.29 is 31.5 Å². The molecule has 0 unspecified atom stereocenters. The first-order chi connectivity index (χ1) is 11.7. The van der Waals surface area contributed by atoms with Crippen molar-refractivity contribution in [3.63, 3.8) is 0 Å². The highest BCUT2D eigenvalue weighted by Crippen LogP contribution is 2.13. The number of esters is 1. The summed E-state index contributed by atoms with van der Waals surface area (Å²) in [6, 6.07) is 7.42. The summed E-state index contributed by atoms with van der Waals surface area (Å²) in [6.45, 7) is -0.672. The van der Waals surface area contributed by atoms with Gasteiger partial charge in [-0.05, 0) is 42.5 Å². The van der Waals surface area contributed by atoms with Gasteiger partial charge < -0.3 is 10.1 Å². The molecule has 0 aromatic heterocycles. The fraction of sp³-hybridized carbons (Fsp3) is 0.0667. The molecule has 0 aliphatic rings. The molecule has 3 N–H and O–H groups in total. The average Bonchev–Trinajstić information content (AvgIpc) is 2.55. The number of carbonyl (C=O) groups excluding carboxylic acids is 2. The van der Waals surface area contributed by atoms with Gasteiger partial charge in [0.2, 0.25) is 10.0 Å². The predicted molar refractivity (Wildman–Crippen MR) is 83.1 cm³/mol. The van der Waals surface area contributed by atoms with E-state index in [1.54, 1.807) is 0 Å². The molecule has 0 atom stereocenters. The van der Waals surface area contributed by atoms with Gasteiger partial charge in [-0.3, -0.25) is 4.79 Å². The molecule has 0 heterocycles. The molecule has 0 saturated carbocycles. The zero-order valence-electron chi connectivity index (χ0n) is 12.5. The number of sulfonamides is 1. The third-order valence-electron chi connectivity index (χ3n) is 2.96. The van der Waals surface area contributed by atoms with Crippen LogP contribution >= 0.6 is 0 Å². The molecule has 0 aliphatic carbocycles. The van der Waals surface area contributed by atoms with Crippen LogP contribution in [-0.2, 0) is 19.6 Å².